The van der Waals surface area contributed by atoms with E-state index in [-0.39, 0.29) is 12.5 Å². The third-order valence-electron chi connectivity index (χ3n) is 3.03. The summed E-state index contributed by atoms with van der Waals surface area (Å²) in [5, 5.41) is 25.5. The molecule has 0 unspecified atom stereocenters. The highest BCUT2D eigenvalue weighted by Gasteiger charge is 2.14. The fourth-order valence-electron chi connectivity index (χ4n) is 1.85. The van der Waals surface area contributed by atoms with Crippen molar-refractivity contribution in [3.05, 3.63) is 34.8 Å². The molecule has 0 spiro atoms. The first-order chi connectivity index (χ1) is 12.1. The van der Waals surface area contributed by atoms with E-state index < -0.39 is 0 Å². The Morgan fingerprint density at radius 3 is 2.88 bits per heavy atom. The summed E-state index contributed by atoms with van der Waals surface area (Å²) >= 11 is 4.06. The number of carbonyl (C=O) groups excluding carboxylic acids is 1. The van der Waals surface area contributed by atoms with Crippen molar-refractivity contribution in [3.63, 3.8) is 0 Å². The van der Waals surface area contributed by atoms with Crippen LogP contribution in [0.3, 0.4) is 0 Å². The molecule has 0 bridgehead atoms. The average Bonchev–Trinajstić information content (AvgIpc) is 3.25. The maximum Gasteiger partial charge on any atom is 0.259 e. The number of nitrogens with zero attached hydrogens (tertiary/aromatic N) is 3. The molecule has 8 nitrogen and oxygen atoms in total. The van der Waals surface area contributed by atoms with Gasteiger partial charge in [-0.1, -0.05) is 23.1 Å². The number of nitrogens with one attached hydrogen (secondary N) is 2. The number of aromatic nitrogens is 3. The molecule has 3 rings (SSSR count). The molecule has 0 aliphatic rings. The van der Waals surface area contributed by atoms with Crippen molar-refractivity contribution in [1.82, 2.24) is 15.2 Å². The van der Waals surface area contributed by atoms with E-state index in [4.69, 9.17) is 10.8 Å². The van der Waals surface area contributed by atoms with Crippen LogP contribution in [0, 0.1) is 0 Å². The molecule has 0 radical (unpaired) electrons. The molecule has 5 N–H and O–H groups in total. The Bertz CT molecular complexity index is 894. The molecular formula is C14H14N6O2S3. The predicted molar refractivity (Wildman–Crippen MR) is 100 cm³/mol. The minimum Gasteiger partial charge on any atom is -0.398 e. The molecule has 0 saturated carbocycles. The van der Waals surface area contributed by atoms with Gasteiger partial charge in [-0.3, -0.25) is 10.1 Å². The number of thiazole rings is 1. The molecular weight excluding hydrogens is 380 g/mol. The van der Waals surface area contributed by atoms with Crippen LogP contribution in [0.5, 0.6) is 0 Å². The lowest BCUT2D eigenvalue weighted by Crippen LogP contribution is -2.14. The highest BCUT2D eigenvalue weighted by Crippen LogP contribution is 2.33. The van der Waals surface area contributed by atoms with E-state index in [9.17, 15) is 4.79 Å². The molecule has 0 fully saturated rings. The number of nitrogen functional groups attached to an aromatic ring is 1. The third kappa shape index (κ3) is 4.25. The quantitative estimate of drug-likeness (QED) is 0.470. The van der Waals surface area contributed by atoms with Crippen molar-refractivity contribution < 1.29 is 9.90 Å². The maximum atomic E-state index is 12.5. The maximum absolute atomic E-state index is 12.5. The van der Waals surface area contributed by atoms with E-state index in [2.05, 4.69) is 25.8 Å². The zero-order valence-corrected chi connectivity index (χ0v) is 15.5. The molecule has 11 heteroatoms. The Morgan fingerprint density at radius 1 is 1.36 bits per heavy atom. The Hall–Kier alpha value is -2.21. The smallest absolute Gasteiger partial charge is 0.259 e. The van der Waals surface area contributed by atoms with E-state index in [0.29, 0.717) is 22.1 Å². The fraction of sp³-hybridized carbons (Fsp3) is 0.143. The zero-order chi connectivity index (χ0) is 17.8. The summed E-state index contributed by atoms with van der Waals surface area (Å²) < 4.78 is 0.757. The van der Waals surface area contributed by atoms with Crippen LogP contribution >= 0.6 is 34.4 Å². The van der Waals surface area contributed by atoms with E-state index in [0.717, 1.165) is 14.4 Å². The van der Waals surface area contributed by atoms with Crippen LogP contribution in [0.2, 0.25) is 0 Å². The van der Waals surface area contributed by atoms with Crippen LogP contribution in [0.15, 0.2) is 32.8 Å². The van der Waals surface area contributed by atoms with Crippen LogP contribution in [0.1, 0.15) is 16.1 Å². The lowest BCUT2D eigenvalue weighted by molar-refractivity contribution is 0.102. The molecule has 2 aromatic heterocycles. The van der Waals surface area contributed by atoms with Crippen molar-refractivity contribution >= 4 is 56.3 Å². The number of carbonyl (C=O) groups is 1. The van der Waals surface area contributed by atoms with Gasteiger partial charge in [0.05, 0.1) is 17.9 Å². The van der Waals surface area contributed by atoms with Gasteiger partial charge in [0.25, 0.3) is 5.91 Å². The second-order valence-electron chi connectivity index (χ2n) is 4.73. The van der Waals surface area contributed by atoms with Gasteiger partial charge in [-0.15, -0.1) is 21.5 Å². The van der Waals surface area contributed by atoms with Crippen LogP contribution < -0.4 is 16.4 Å². The average molecular weight is 395 g/mol. The van der Waals surface area contributed by atoms with Crippen molar-refractivity contribution in [2.24, 2.45) is 0 Å². The zero-order valence-electron chi connectivity index (χ0n) is 13.0. The van der Waals surface area contributed by atoms with Gasteiger partial charge < -0.3 is 16.2 Å². The van der Waals surface area contributed by atoms with Crippen molar-refractivity contribution in [2.75, 3.05) is 23.4 Å². The third-order valence-corrected chi connectivity index (χ3v) is 5.82. The van der Waals surface area contributed by atoms with Gasteiger partial charge in [0.2, 0.25) is 5.13 Å². The fourth-order valence-corrected chi connectivity index (χ4v) is 4.27. The van der Waals surface area contributed by atoms with E-state index >= 15 is 0 Å². The summed E-state index contributed by atoms with van der Waals surface area (Å²) in [5.74, 6) is -0.355. The van der Waals surface area contributed by atoms with Crippen molar-refractivity contribution in [2.45, 2.75) is 15.8 Å². The van der Waals surface area contributed by atoms with Gasteiger partial charge in [0.1, 0.15) is 0 Å². The topological polar surface area (TPSA) is 126 Å². The van der Waals surface area contributed by atoms with Gasteiger partial charge >= 0.3 is 0 Å². The van der Waals surface area contributed by atoms with Gasteiger partial charge in [-0.25, -0.2) is 4.98 Å². The van der Waals surface area contributed by atoms with Crippen LogP contribution in [0.4, 0.5) is 16.0 Å². The highest BCUT2D eigenvalue weighted by atomic mass is 32.2. The summed E-state index contributed by atoms with van der Waals surface area (Å²) in [6.45, 7) is -0.170. The summed E-state index contributed by atoms with van der Waals surface area (Å²) in [5.41, 5.74) is 7.16. The van der Waals surface area contributed by atoms with E-state index in [1.54, 1.807) is 24.6 Å². The first-order valence-electron chi connectivity index (χ1n) is 7.04. The van der Waals surface area contributed by atoms with Crippen molar-refractivity contribution in [3.8, 4) is 0 Å². The number of nitrogens with two attached hydrogens (primary N) is 1. The second kappa shape index (κ2) is 7.78. The highest BCUT2D eigenvalue weighted by molar-refractivity contribution is 8.01. The first-order valence-corrected chi connectivity index (χ1v) is 9.55. The molecule has 3 aromatic rings. The Balaban J connectivity index is 1.77. The van der Waals surface area contributed by atoms with Crippen molar-refractivity contribution in [1.29, 1.82) is 0 Å². The van der Waals surface area contributed by atoms with E-state index in [1.807, 2.05) is 6.07 Å². The number of rotatable bonds is 6. The Kier molecular flexibility index (Phi) is 5.48. The summed E-state index contributed by atoms with van der Waals surface area (Å²) in [6.07, 6.45) is 0. The number of hydrogen-bond donors (Lipinski definition) is 4. The number of aliphatic hydroxyl groups is 1. The van der Waals surface area contributed by atoms with Gasteiger partial charge in [-0.05, 0) is 18.2 Å². The molecule has 0 aliphatic carbocycles. The number of benzene rings is 1. The molecule has 25 heavy (non-hydrogen) atoms. The minimum atomic E-state index is -0.355. The number of anilines is 3. The lowest BCUT2D eigenvalue weighted by Gasteiger charge is -2.07. The Labute approximate surface area is 155 Å². The molecule has 0 aliphatic heterocycles. The second-order valence-corrected chi connectivity index (χ2v) is 7.89. The SMILES string of the molecule is CNc1nnc(Sc2ccc(N)c(C(=O)Nc3nc(CO)cs3)c2)s1. The molecule has 0 atom stereocenters. The molecule has 1 aromatic carbocycles. The number of hydrogen-bond acceptors (Lipinski definition) is 10. The minimum absolute atomic E-state index is 0.170. The van der Waals surface area contributed by atoms with Crippen LogP contribution in [0.25, 0.3) is 0 Å². The van der Waals surface area contributed by atoms with E-state index in [1.165, 1.54) is 34.4 Å². The molecule has 0 saturated heterocycles. The lowest BCUT2D eigenvalue weighted by atomic mass is 10.1. The largest absolute Gasteiger partial charge is 0.398 e. The van der Waals surface area contributed by atoms with Gasteiger partial charge in [0.15, 0.2) is 9.47 Å². The van der Waals surface area contributed by atoms with Crippen LogP contribution in [-0.2, 0) is 6.61 Å². The normalized spacial score (nSPS) is 10.6. The van der Waals surface area contributed by atoms with Gasteiger partial charge in [-0.2, -0.15) is 0 Å². The standard InChI is InChI=1S/C14H14N6O2S3/c1-16-12-19-20-14(25-12)24-8-2-3-10(15)9(4-8)11(22)18-13-17-7(5-21)6-23-13/h2-4,6,21H,5,15H2,1H3,(H,16,19)(H,17,18,22). The monoisotopic (exact) mass is 394 g/mol. The Morgan fingerprint density at radius 2 is 2.20 bits per heavy atom. The number of aliphatic hydroxyl groups excluding tert-OH is 1. The summed E-state index contributed by atoms with van der Waals surface area (Å²) in [4.78, 5) is 17.4. The summed E-state index contributed by atoms with van der Waals surface area (Å²) in [6, 6.07) is 5.21. The van der Waals surface area contributed by atoms with Crippen LogP contribution in [-0.4, -0.2) is 33.2 Å². The summed E-state index contributed by atoms with van der Waals surface area (Å²) in [7, 11) is 1.78. The number of amides is 1. The first kappa shape index (κ1) is 17.6. The molecule has 2 heterocycles. The van der Waals surface area contributed by atoms with Gasteiger partial charge in [0, 0.05) is 23.0 Å². The molecule has 1 amide bonds. The predicted octanol–water partition coefficient (Wildman–Crippen LogP) is 2.51. The molecule has 130 valence electrons.